The summed E-state index contributed by atoms with van der Waals surface area (Å²) < 4.78 is 0. The molecule has 15 heavy (non-hydrogen) atoms. The smallest absolute Gasteiger partial charge is 0.00953 e. The molecule has 3 unspecified atom stereocenters. The lowest BCUT2D eigenvalue weighted by molar-refractivity contribution is 0.294. The fourth-order valence-corrected chi connectivity index (χ4v) is 3.80. The van der Waals surface area contributed by atoms with Crippen LogP contribution in [0.2, 0.25) is 0 Å². The molecule has 1 nitrogen and oxygen atoms in total. The lowest BCUT2D eigenvalue weighted by Gasteiger charge is -2.23. The highest BCUT2D eigenvalue weighted by molar-refractivity contribution is 4.88. The molecule has 88 valence electrons. The molecule has 0 heterocycles. The van der Waals surface area contributed by atoms with Gasteiger partial charge in [0.2, 0.25) is 0 Å². The Morgan fingerprint density at radius 2 is 1.80 bits per heavy atom. The average molecular weight is 209 g/mol. The number of nitrogens with one attached hydrogen (secondary N) is 1. The van der Waals surface area contributed by atoms with Crippen LogP contribution in [-0.2, 0) is 0 Å². The Kier molecular flexibility index (Phi) is 4.07. The molecule has 0 aliphatic heterocycles. The summed E-state index contributed by atoms with van der Waals surface area (Å²) in [6, 6.07) is 0.821. The summed E-state index contributed by atoms with van der Waals surface area (Å²) in [5, 5.41) is 3.65. The topological polar surface area (TPSA) is 12.0 Å². The summed E-state index contributed by atoms with van der Waals surface area (Å²) in [5.74, 6) is 3.03. The lowest BCUT2D eigenvalue weighted by atomic mass is 9.86. The van der Waals surface area contributed by atoms with E-state index in [0.717, 1.165) is 30.3 Å². The fraction of sp³-hybridized carbons (Fsp3) is 1.00. The molecular weight excluding hydrogens is 182 g/mol. The van der Waals surface area contributed by atoms with Crippen molar-refractivity contribution in [3.63, 3.8) is 0 Å². The van der Waals surface area contributed by atoms with Crippen LogP contribution in [-0.4, -0.2) is 12.6 Å². The standard InChI is InChI=1S/C14H27N/c1-3-15-14-9-8-13(11(14)2)10-12-6-4-5-7-12/h11-15H,3-10H2,1-2H3. The zero-order chi connectivity index (χ0) is 10.7. The normalized spacial score (nSPS) is 37.6. The van der Waals surface area contributed by atoms with Crippen LogP contribution >= 0.6 is 0 Å². The van der Waals surface area contributed by atoms with Crippen molar-refractivity contribution in [2.75, 3.05) is 6.54 Å². The number of hydrogen-bond acceptors (Lipinski definition) is 1. The first-order chi connectivity index (χ1) is 7.31. The second-order valence-corrected chi connectivity index (χ2v) is 5.75. The molecule has 0 aromatic rings. The predicted molar refractivity (Wildman–Crippen MR) is 65.9 cm³/mol. The molecule has 3 atom stereocenters. The van der Waals surface area contributed by atoms with E-state index < -0.39 is 0 Å². The van der Waals surface area contributed by atoms with Gasteiger partial charge in [-0.1, -0.05) is 39.5 Å². The van der Waals surface area contributed by atoms with Gasteiger partial charge in [-0.3, -0.25) is 0 Å². The van der Waals surface area contributed by atoms with E-state index in [1.165, 1.54) is 44.9 Å². The van der Waals surface area contributed by atoms with Crippen LogP contribution < -0.4 is 5.32 Å². The summed E-state index contributed by atoms with van der Waals surface area (Å²) >= 11 is 0. The van der Waals surface area contributed by atoms with E-state index in [2.05, 4.69) is 19.2 Å². The Labute approximate surface area is 95.0 Å². The van der Waals surface area contributed by atoms with Gasteiger partial charge < -0.3 is 5.32 Å². The van der Waals surface area contributed by atoms with E-state index in [0.29, 0.717) is 0 Å². The highest BCUT2D eigenvalue weighted by atomic mass is 14.9. The highest BCUT2D eigenvalue weighted by Gasteiger charge is 2.33. The van der Waals surface area contributed by atoms with Gasteiger partial charge in [0.15, 0.2) is 0 Å². The summed E-state index contributed by atoms with van der Waals surface area (Å²) in [6.45, 7) is 5.85. The third-order valence-electron chi connectivity index (χ3n) is 4.80. The lowest BCUT2D eigenvalue weighted by Crippen LogP contribution is -2.32. The Bertz CT molecular complexity index is 184. The van der Waals surface area contributed by atoms with E-state index in [4.69, 9.17) is 0 Å². The van der Waals surface area contributed by atoms with Crippen molar-refractivity contribution in [1.29, 1.82) is 0 Å². The molecule has 0 bridgehead atoms. The molecule has 1 N–H and O–H groups in total. The molecule has 2 aliphatic rings. The second kappa shape index (κ2) is 5.34. The van der Waals surface area contributed by atoms with Crippen LogP contribution in [0.25, 0.3) is 0 Å². The fourth-order valence-electron chi connectivity index (χ4n) is 3.80. The second-order valence-electron chi connectivity index (χ2n) is 5.75. The Morgan fingerprint density at radius 1 is 1.07 bits per heavy atom. The van der Waals surface area contributed by atoms with Gasteiger partial charge in [-0.05, 0) is 43.6 Å². The molecule has 0 amide bonds. The van der Waals surface area contributed by atoms with Gasteiger partial charge in [0, 0.05) is 6.04 Å². The molecule has 2 saturated carbocycles. The Balaban J connectivity index is 1.78. The molecule has 2 aliphatic carbocycles. The van der Waals surface area contributed by atoms with Crippen LogP contribution in [0.15, 0.2) is 0 Å². The minimum absolute atomic E-state index is 0.821. The molecular formula is C14H27N. The summed E-state index contributed by atoms with van der Waals surface area (Å²) in [5.41, 5.74) is 0. The number of hydrogen-bond donors (Lipinski definition) is 1. The van der Waals surface area contributed by atoms with Crippen molar-refractivity contribution in [2.45, 2.75) is 64.8 Å². The molecule has 0 spiro atoms. The first-order valence-corrected chi connectivity index (χ1v) is 7.04. The maximum absolute atomic E-state index is 3.65. The van der Waals surface area contributed by atoms with E-state index in [9.17, 15) is 0 Å². The minimum atomic E-state index is 0.821. The van der Waals surface area contributed by atoms with Crippen LogP contribution in [0.5, 0.6) is 0 Å². The van der Waals surface area contributed by atoms with E-state index >= 15 is 0 Å². The molecule has 2 rings (SSSR count). The Hall–Kier alpha value is -0.0400. The number of rotatable bonds is 4. The summed E-state index contributed by atoms with van der Waals surface area (Å²) in [7, 11) is 0. The van der Waals surface area contributed by atoms with Crippen molar-refractivity contribution < 1.29 is 0 Å². The first-order valence-electron chi connectivity index (χ1n) is 7.04. The van der Waals surface area contributed by atoms with Gasteiger partial charge in [0.05, 0.1) is 0 Å². The van der Waals surface area contributed by atoms with E-state index in [1.54, 1.807) is 0 Å². The quantitative estimate of drug-likeness (QED) is 0.746. The maximum atomic E-state index is 3.65. The highest BCUT2D eigenvalue weighted by Crippen LogP contribution is 2.40. The average Bonchev–Trinajstić information content (AvgIpc) is 2.83. The van der Waals surface area contributed by atoms with Crippen molar-refractivity contribution >= 4 is 0 Å². The maximum Gasteiger partial charge on any atom is 0.00953 e. The van der Waals surface area contributed by atoms with Crippen molar-refractivity contribution in [1.82, 2.24) is 5.32 Å². The molecule has 0 aromatic carbocycles. The monoisotopic (exact) mass is 209 g/mol. The molecule has 1 heteroatoms. The molecule has 0 saturated heterocycles. The van der Waals surface area contributed by atoms with Crippen LogP contribution in [0.3, 0.4) is 0 Å². The minimum Gasteiger partial charge on any atom is -0.314 e. The van der Waals surface area contributed by atoms with Crippen LogP contribution in [0, 0.1) is 17.8 Å². The third-order valence-corrected chi connectivity index (χ3v) is 4.80. The summed E-state index contributed by atoms with van der Waals surface area (Å²) in [4.78, 5) is 0. The Morgan fingerprint density at radius 3 is 2.47 bits per heavy atom. The van der Waals surface area contributed by atoms with Crippen LogP contribution in [0.1, 0.15) is 58.8 Å². The predicted octanol–water partition coefficient (Wildman–Crippen LogP) is 3.59. The largest absolute Gasteiger partial charge is 0.314 e. The zero-order valence-corrected chi connectivity index (χ0v) is 10.5. The van der Waals surface area contributed by atoms with Gasteiger partial charge >= 0.3 is 0 Å². The van der Waals surface area contributed by atoms with Crippen LogP contribution in [0.4, 0.5) is 0 Å². The van der Waals surface area contributed by atoms with E-state index in [1.807, 2.05) is 0 Å². The van der Waals surface area contributed by atoms with E-state index in [-0.39, 0.29) is 0 Å². The van der Waals surface area contributed by atoms with Crippen molar-refractivity contribution in [3.05, 3.63) is 0 Å². The molecule has 0 radical (unpaired) electrons. The first kappa shape index (κ1) is 11.4. The molecule has 0 aromatic heterocycles. The van der Waals surface area contributed by atoms with Crippen molar-refractivity contribution in [2.24, 2.45) is 17.8 Å². The van der Waals surface area contributed by atoms with Crippen molar-refractivity contribution in [3.8, 4) is 0 Å². The zero-order valence-electron chi connectivity index (χ0n) is 10.5. The van der Waals surface area contributed by atoms with Gasteiger partial charge in [0.1, 0.15) is 0 Å². The third kappa shape index (κ3) is 2.75. The van der Waals surface area contributed by atoms with Gasteiger partial charge in [0.25, 0.3) is 0 Å². The molecule has 2 fully saturated rings. The van der Waals surface area contributed by atoms with Gasteiger partial charge in [-0.25, -0.2) is 0 Å². The van der Waals surface area contributed by atoms with Gasteiger partial charge in [-0.2, -0.15) is 0 Å². The van der Waals surface area contributed by atoms with Gasteiger partial charge in [-0.15, -0.1) is 0 Å². The SMILES string of the molecule is CCNC1CCC(CC2CCCC2)C1C. The summed E-state index contributed by atoms with van der Waals surface area (Å²) in [6.07, 6.45) is 10.5.